The number of carbonyl (C=O) groups is 2. The van der Waals surface area contributed by atoms with Crippen LogP contribution in [0.25, 0.3) is 5.69 Å². The van der Waals surface area contributed by atoms with Crippen molar-refractivity contribution in [2.45, 2.75) is 39.2 Å². The van der Waals surface area contributed by atoms with Crippen molar-refractivity contribution in [3.8, 4) is 5.69 Å². The zero-order chi connectivity index (χ0) is 19.6. The average molecular weight is 390 g/mol. The molecule has 144 valence electrons. The molecule has 2 amide bonds. The lowest BCUT2D eigenvalue weighted by Gasteiger charge is -2.25. The van der Waals surface area contributed by atoms with E-state index in [2.05, 4.69) is 10.1 Å². The predicted octanol–water partition coefficient (Wildman–Crippen LogP) is 2.92. The van der Waals surface area contributed by atoms with Crippen molar-refractivity contribution < 1.29 is 9.59 Å². The second-order valence-corrected chi connectivity index (χ2v) is 7.20. The molecule has 0 bridgehead atoms. The maximum Gasteiger partial charge on any atom is 0.230 e. The topological polar surface area (TPSA) is 71.3 Å². The summed E-state index contributed by atoms with van der Waals surface area (Å²) in [6, 6.07) is 3.80. The van der Waals surface area contributed by atoms with E-state index in [9.17, 15) is 9.59 Å². The van der Waals surface area contributed by atoms with E-state index in [0.29, 0.717) is 18.7 Å². The number of pyridine rings is 1. The highest BCUT2D eigenvalue weighted by molar-refractivity contribution is 6.32. The lowest BCUT2D eigenvalue weighted by atomic mass is 10.1. The largest absolute Gasteiger partial charge is 0.343 e. The number of nitrogens with zero attached hydrogens (tertiary/aromatic N) is 5. The summed E-state index contributed by atoms with van der Waals surface area (Å²) in [4.78, 5) is 32.2. The van der Waals surface area contributed by atoms with E-state index < -0.39 is 0 Å². The van der Waals surface area contributed by atoms with Crippen molar-refractivity contribution in [2.75, 3.05) is 18.5 Å². The Labute approximate surface area is 163 Å². The number of anilines is 1. The molecular formula is C19H24ClN5O2. The first kappa shape index (κ1) is 19.4. The summed E-state index contributed by atoms with van der Waals surface area (Å²) < 4.78 is 1.63. The molecule has 2 aromatic rings. The molecule has 1 fully saturated rings. The fourth-order valence-corrected chi connectivity index (χ4v) is 3.83. The first-order valence-electron chi connectivity index (χ1n) is 9.12. The van der Waals surface area contributed by atoms with Gasteiger partial charge in [-0.2, -0.15) is 5.10 Å². The van der Waals surface area contributed by atoms with Crippen LogP contribution in [-0.4, -0.2) is 51.1 Å². The molecule has 8 heteroatoms. The number of halogens is 1. The van der Waals surface area contributed by atoms with Crippen LogP contribution >= 0.6 is 11.6 Å². The van der Waals surface area contributed by atoms with Gasteiger partial charge in [-0.3, -0.25) is 14.6 Å². The van der Waals surface area contributed by atoms with Gasteiger partial charge in [-0.05, 0) is 38.3 Å². The van der Waals surface area contributed by atoms with E-state index in [1.165, 1.54) is 0 Å². The first-order valence-corrected chi connectivity index (χ1v) is 9.50. The average Bonchev–Trinajstić information content (AvgIpc) is 3.30. The van der Waals surface area contributed by atoms with Crippen LogP contribution in [0, 0.1) is 5.92 Å². The van der Waals surface area contributed by atoms with Gasteiger partial charge >= 0.3 is 0 Å². The van der Waals surface area contributed by atoms with E-state index in [4.69, 9.17) is 11.6 Å². The minimum atomic E-state index is -0.116. The Bertz CT molecular complexity index is 823. The van der Waals surface area contributed by atoms with Crippen molar-refractivity contribution in [1.29, 1.82) is 0 Å². The van der Waals surface area contributed by atoms with Crippen LogP contribution in [0.4, 0.5) is 5.69 Å². The van der Waals surface area contributed by atoms with Gasteiger partial charge in [-0.1, -0.05) is 11.6 Å². The molecule has 0 spiro atoms. The van der Waals surface area contributed by atoms with Gasteiger partial charge in [0.05, 0.1) is 18.1 Å². The van der Waals surface area contributed by atoms with E-state index >= 15 is 0 Å². The molecule has 1 aliphatic rings. The lowest BCUT2D eigenvalue weighted by Crippen LogP contribution is -2.37. The molecule has 27 heavy (non-hydrogen) atoms. The Morgan fingerprint density at radius 2 is 2.15 bits per heavy atom. The Balaban J connectivity index is 1.78. The lowest BCUT2D eigenvalue weighted by molar-refractivity contribution is -0.130. The van der Waals surface area contributed by atoms with Crippen LogP contribution in [0.3, 0.4) is 0 Å². The molecule has 2 unspecified atom stereocenters. The summed E-state index contributed by atoms with van der Waals surface area (Å²) in [5.41, 5.74) is 1.37. The number of aromatic nitrogens is 3. The molecule has 0 N–H and O–H groups in total. The van der Waals surface area contributed by atoms with Crippen molar-refractivity contribution in [3.63, 3.8) is 0 Å². The van der Waals surface area contributed by atoms with Gasteiger partial charge < -0.3 is 9.80 Å². The molecule has 3 rings (SSSR count). The molecule has 0 aliphatic heterocycles. The highest BCUT2D eigenvalue weighted by atomic mass is 35.5. The van der Waals surface area contributed by atoms with Gasteiger partial charge in [0.2, 0.25) is 11.8 Å². The molecule has 2 atom stereocenters. The molecule has 2 aromatic heterocycles. The summed E-state index contributed by atoms with van der Waals surface area (Å²) in [5.74, 6) is -0.0552. The minimum absolute atomic E-state index is 0.0289. The van der Waals surface area contributed by atoms with Gasteiger partial charge in [0.1, 0.15) is 5.69 Å². The Kier molecular flexibility index (Phi) is 5.79. The summed E-state index contributed by atoms with van der Waals surface area (Å²) in [6.07, 6.45) is 7.42. The van der Waals surface area contributed by atoms with Crippen LogP contribution in [0.15, 0.2) is 30.7 Å². The van der Waals surface area contributed by atoms with E-state index in [-0.39, 0.29) is 28.9 Å². The SMILES string of the molecule is CCN(C(=O)C1CCC(N(C)C(C)=O)C1)c1cn(-c2cccnc2)nc1Cl. The second kappa shape index (κ2) is 8.08. The Morgan fingerprint density at radius 3 is 2.78 bits per heavy atom. The van der Waals surface area contributed by atoms with Gasteiger partial charge in [0.15, 0.2) is 5.15 Å². The highest BCUT2D eigenvalue weighted by Crippen LogP contribution is 2.33. The van der Waals surface area contributed by atoms with Gasteiger partial charge in [-0.15, -0.1) is 0 Å². The smallest absolute Gasteiger partial charge is 0.230 e. The molecule has 0 aromatic carbocycles. The molecular weight excluding hydrogens is 366 g/mol. The Hall–Kier alpha value is -2.41. The van der Waals surface area contributed by atoms with E-state index in [1.807, 2.05) is 19.1 Å². The van der Waals surface area contributed by atoms with Crippen molar-refractivity contribution in [3.05, 3.63) is 35.9 Å². The maximum atomic E-state index is 13.1. The fraction of sp³-hybridized carbons (Fsp3) is 0.474. The van der Waals surface area contributed by atoms with Gasteiger partial charge in [-0.25, -0.2) is 4.68 Å². The number of hydrogen-bond donors (Lipinski definition) is 0. The summed E-state index contributed by atoms with van der Waals surface area (Å²) in [5, 5.41) is 4.60. The van der Waals surface area contributed by atoms with Crippen LogP contribution < -0.4 is 4.90 Å². The van der Waals surface area contributed by atoms with E-state index in [1.54, 1.807) is 47.0 Å². The van der Waals surface area contributed by atoms with E-state index in [0.717, 1.165) is 18.5 Å². The van der Waals surface area contributed by atoms with Crippen molar-refractivity contribution in [1.82, 2.24) is 19.7 Å². The van der Waals surface area contributed by atoms with Gasteiger partial charge in [0, 0.05) is 38.7 Å². The zero-order valence-electron chi connectivity index (χ0n) is 15.8. The summed E-state index contributed by atoms with van der Waals surface area (Å²) >= 11 is 6.34. The van der Waals surface area contributed by atoms with Gasteiger partial charge in [0.25, 0.3) is 0 Å². The normalized spacial score (nSPS) is 19.1. The number of hydrogen-bond acceptors (Lipinski definition) is 4. The molecule has 7 nitrogen and oxygen atoms in total. The summed E-state index contributed by atoms with van der Waals surface area (Å²) in [6.45, 7) is 3.98. The third-order valence-corrected chi connectivity index (χ3v) is 5.50. The molecule has 0 radical (unpaired) electrons. The number of carbonyl (C=O) groups excluding carboxylic acids is 2. The number of rotatable bonds is 5. The number of amides is 2. The minimum Gasteiger partial charge on any atom is -0.343 e. The van der Waals surface area contributed by atoms with Crippen molar-refractivity contribution >= 4 is 29.1 Å². The van der Waals surface area contributed by atoms with Crippen LogP contribution in [0.2, 0.25) is 5.15 Å². The van der Waals surface area contributed by atoms with Crippen LogP contribution in [0.1, 0.15) is 33.1 Å². The standard InChI is InChI=1S/C19H24ClN5O2/c1-4-24(19(27)14-7-8-15(10-14)23(3)13(2)26)17-12-25(22-18(17)20)16-6-5-9-21-11-16/h5-6,9,11-12,14-15H,4,7-8,10H2,1-3H3. The highest BCUT2D eigenvalue weighted by Gasteiger charge is 2.36. The zero-order valence-corrected chi connectivity index (χ0v) is 16.6. The maximum absolute atomic E-state index is 13.1. The first-order chi connectivity index (χ1) is 12.9. The molecule has 1 saturated carbocycles. The Morgan fingerprint density at radius 1 is 1.37 bits per heavy atom. The van der Waals surface area contributed by atoms with Crippen LogP contribution in [-0.2, 0) is 9.59 Å². The third kappa shape index (κ3) is 3.98. The second-order valence-electron chi connectivity index (χ2n) is 6.84. The molecule has 2 heterocycles. The predicted molar refractivity (Wildman–Crippen MR) is 104 cm³/mol. The van der Waals surface area contributed by atoms with Crippen LogP contribution in [0.5, 0.6) is 0 Å². The third-order valence-electron chi connectivity index (χ3n) is 5.23. The molecule has 0 saturated heterocycles. The molecule has 1 aliphatic carbocycles. The monoisotopic (exact) mass is 389 g/mol. The quantitative estimate of drug-likeness (QED) is 0.788. The van der Waals surface area contributed by atoms with Crippen molar-refractivity contribution in [2.24, 2.45) is 5.92 Å². The fourth-order valence-electron chi connectivity index (χ4n) is 3.60. The summed E-state index contributed by atoms with van der Waals surface area (Å²) in [7, 11) is 1.80.